The Morgan fingerprint density at radius 1 is 1.00 bits per heavy atom. The van der Waals surface area contributed by atoms with Gasteiger partial charge in [-0.2, -0.15) is 5.26 Å². The number of fused-ring (bicyclic) bond motifs is 6. The summed E-state index contributed by atoms with van der Waals surface area (Å²) in [6.45, 7) is 15.8. The number of ether oxygens (including phenoxy) is 2. The van der Waals surface area contributed by atoms with Gasteiger partial charge in [0.1, 0.15) is 17.2 Å². The zero-order valence-corrected chi connectivity index (χ0v) is 27.2. The molecule has 5 aliphatic carbocycles. The Bertz CT molecular complexity index is 1460. The first kappa shape index (κ1) is 30.1. The van der Waals surface area contributed by atoms with Gasteiger partial charge < -0.3 is 9.47 Å². The summed E-state index contributed by atoms with van der Waals surface area (Å²) in [6, 6.07) is 2.11. The third kappa shape index (κ3) is 3.48. The third-order valence-corrected chi connectivity index (χ3v) is 13.0. The Balaban J connectivity index is 1.50. The van der Waals surface area contributed by atoms with Crippen molar-refractivity contribution in [1.29, 1.82) is 5.26 Å². The van der Waals surface area contributed by atoms with E-state index in [1.807, 2.05) is 6.92 Å². The first-order valence-corrected chi connectivity index (χ1v) is 15.9. The summed E-state index contributed by atoms with van der Waals surface area (Å²) in [5.41, 5.74) is -4.01. The molecule has 6 rings (SSSR count). The van der Waals surface area contributed by atoms with Crippen LogP contribution >= 0.6 is 0 Å². The van der Waals surface area contributed by atoms with Crippen molar-refractivity contribution in [2.75, 3.05) is 7.11 Å². The minimum Gasteiger partial charge on any atom is -0.469 e. The average Bonchev–Trinajstić information content (AvgIpc) is 3.50. The molecule has 1 heterocycles. The monoisotopic (exact) mass is 590 g/mol. The van der Waals surface area contributed by atoms with E-state index in [-0.39, 0.29) is 46.3 Å². The lowest BCUT2D eigenvalue weighted by Gasteiger charge is -2.63. The Morgan fingerprint density at radius 2 is 1.67 bits per heavy atom. The van der Waals surface area contributed by atoms with Crippen LogP contribution in [-0.4, -0.2) is 52.3 Å². The topological polar surface area (TPSA) is 114 Å². The molecule has 0 N–H and O–H groups in total. The van der Waals surface area contributed by atoms with Crippen LogP contribution in [-0.2, 0) is 23.9 Å². The van der Waals surface area contributed by atoms with Crippen molar-refractivity contribution in [2.24, 2.45) is 39.4 Å². The second kappa shape index (κ2) is 8.61. The van der Waals surface area contributed by atoms with Crippen LogP contribution in [0.1, 0.15) is 100 Å². The first-order chi connectivity index (χ1) is 19.8. The van der Waals surface area contributed by atoms with E-state index in [9.17, 15) is 24.4 Å². The fraction of sp³-hybridized carbons (Fsp3) is 0.743. The van der Waals surface area contributed by atoms with E-state index in [0.29, 0.717) is 19.3 Å². The second-order valence-corrected chi connectivity index (χ2v) is 16.6. The maximum absolute atomic E-state index is 14.5. The average molecular weight is 591 g/mol. The molecule has 0 bridgehead atoms. The fourth-order valence-corrected chi connectivity index (χ4v) is 11.0. The van der Waals surface area contributed by atoms with Gasteiger partial charge in [0.05, 0.1) is 23.6 Å². The van der Waals surface area contributed by atoms with Crippen LogP contribution < -0.4 is 0 Å². The molecule has 3 saturated carbocycles. The lowest BCUT2D eigenvalue weighted by Crippen LogP contribution is -2.63. The van der Waals surface area contributed by atoms with E-state index in [1.165, 1.54) is 7.11 Å². The maximum Gasteiger partial charge on any atom is 0.411 e. The molecule has 0 aromatic heterocycles. The zero-order chi connectivity index (χ0) is 31.8. The van der Waals surface area contributed by atoms with Crippen molar-refractivity contribution in [3.8, 4) is 6.07 Å². The molecule has 1 spiro atoms. The highest BCUT2D eigenvalue weighted by molar-refractivity contribution is 6.14. The number of amides is 1. The molecule has 232 valence electrons. The van der Waals surface area contributed by atoms with E-state index in [2.05, 4.69) is 26.8 Å². The van der Waals surface area contributed by atoms with Crippen molar-refractivity contribution < 1.29 is 28.7 Å². The summed E-state index contributed by atoms with van der Waals surface area (Å²) in [6.07, 6.45) is 8.00. The summed E-state index contributed by atoms with van der Waals surface area (Å²) in [5.74, 6) is -0.967. The number of nitriles is 1. The van der Waals surface area contributed by atoms with Crippen LogP contribution in [0.3, 0.4) is 0 Å². The lowest BCUT2D eigenvalue weighted by atomic mass is 9.39. The number of carbonyl (C=O) groups is 4. The molecule has 6 aliphatic rings. The maximum atomic E-state index is 14.5. The van der Waals surface area contributed by atoms with Gasteiger partial charge in [-0.05, 0) is 114 Å². The van der Waals surface area contributed by atoms with Crippen molar-refractivity contribution >= 4 is 23.6 Å². The predicted octanol–water partition coefficient (Wildman–Crippen LogP) is 6.09. The summed E-state index contributed by atoms with van der Waals surface area (Å²) >= 11 is 0. The van der Waals surface area contributed by atoms with Gasteiger partial charge >= 0.3 is 12.1 Å². The second-order valence-electron chi connectivity index (χ2n) is 16.6. The van der Waals surface area contributed by atoms with E-state index >= 15 is 0 Å². The molecular weight excluding hydrogens is 544 g/mol. The van der Waals surface area contributed by atoms with Gasteiger partial charge in [0.25, 0.3) is 0 Å². The minimum absolute atomic E-state index is 0.00222. The molecular formula is C35H46N2O6. The normalized spacial score (nSPS) is 44.2. The van der Waals surface area contributed by atoms with Gasteiger partial charge in [-0.1, -0.05) is 26.8 Å². The molecule has 1 aliphatic heterocycles. The van der Waals surface area contributed by atoms with E-state index in [4.69, 9.17) is 9.47 Å². The molecule has 0 aromatic carbocycles. The number of hydrogen-bond acceptors (Lipinski definition) is 7. The Hall–Kier alpha value is -2.95. The van der Waals surface area contributed by atoms with Crippen molar-refractivity contribution in [2.45, 2.75) is 117 Å². The van der Waals surface area contributed by atoms with E-state index in [1.54, 1.807) is 44.7 Å². The Morgan fingerprint density at radius 3 is 2.28 bits per heavy atom. The van der Waals surface area contributed by atoms with Crippen LogP contribution in [0.2, 0.25) is 0 Å². The predicted molar refractivity (Wildman–Crippen MR) is 158 cm³/mol. The van der Waals surface area contributed by atoms with Crippen molar-refractivity contribution in [3.63, 3.8) is 0 Å². The van der Waals surface area contributed by atoms with Crippen LogP contribution in [0.4, 0.5) is 4.79 Å². The highest BCUT2D eigenvalue weighted by Gasteiger charge is 2.88. The summed E-state index contributed by atoms with van der Waals surface area (Å²) in [5, 5.41) is 10.1. The number of allylic oxidation sites excluding steroid dienone is 1. The van der Waals surface area contributed by atoms with Gasteiger partial charge in [-0.25, -0.2) is 4.79 Å². The molecule has 0 aromatic rings. The number of hydrogen-bond donors (Lipinski definition) is 0. The number of ketones is 2. The number of esters is 1. The van der Waals surface area contributed by atoms with Gasteiger partial charge in [0.2, 0.25) is 5.78 Å². The van der Waals surface area contributed by atoms with Gasteiger partial charge in [-0.15, -0.1) is 0 Å². The fourth-order valence-electron chi connectivity index (χ4n) is 11.0. The van der Waals surface area contributed by atoms with Crippen LogP contribution in [0, 0.1) is 50.7 Å². The smallest absolute Gasteiger partial charge is 0.411 e. The minimum atomic E-state index is -1.24. The molecule has 3 unspecified atom stereocenters. The summed E-state index contributed by atoms with van der Waals surface area (Å²) in [7, 11) is 1.45. The number of carbonyl (C=O) groups excluding carboxylic acids is 4. The van der Waals surface area contributed by atoms with Gasteiger partial charge in [0, 0.05) is 11.3 Å². The Kier molecular flexibility index (Phi) is 6.02. The summed E-state index contributed by atoms with van der Waals surface area (Å²) < 4.78 is 11.2. The van der Waals surface area contributed by atoms with E-state index < -0.39 is 39.0 Å². The quantitative estimate of drug-likeness (QED) is 0.268. The van der Waals surface area contributed by atoms with E-state index in [0.717, 1.165) is 31.3 Å². The molecule has 0 radical (unpaired) electrons. The molecule has 43 heavy (non-hydrogen) atoms. The van der Waals surface area contributed by atoms with Crippen LogP contribution in [0.5, 0.6) is 0 Å². The standard InChI is InChI=1S/C35H46N2O6/c1-29(2,3)43-28(41)37-33(8)26(39)20(19-36)17-32(7)24-16-23(38)25-21(31(24,6)13-15-35(32,33)37)10-11-34(27(40)42-9)14-12-30(4,5)18-22(25)34/h16-17,21-22,25H,10-15,18H2,1-9H3/t21?,22?,25?,31-,32+,33+,34+,35-,37?/m0/s1. The van der Waals surface area contributed by atoms with Gasteiger partial charge in [-0.3, -0.25) is 19.3 Å². The molecule has 8 atom stereocenters. The molecule has 1 saturated heterocycles. The zero-order valence-electron chi connectivity index (χ0n) is 27.2. The van der Waals surface area contributed by atoms with Gasteiger partial charge in [0.15, 0.2) is 5.78 Å². The van der Waals surface area contributed by atoms with Crippen molar-refractivity contribution in [3.05, 3.63) is 23.3 Å². The number of nitrogens with zero attached hydrogens (tertiary/aromatic N) is 2. The van der Waals surface area contributed by atoms with Crippen molar-refractivity contribution in [1.82, 2.24) is 4.90 Å². The number of methoxy groups -OCH3 is 1. The first-order valence-electron chi connectivity index (χ1n) is 15.9. The third-order valence-electron chi connectivity index (χ3n) is 13.0. The number of rotatable bonds is 1. The molecule has 4 fully saturated rings. The number of Topliss-reactive ketones (excluding diaryl/α,β-unsaturated/α-hetero) is 1. The largest absolute Gasteiger partial charge is 0.469 e. The molecule has 8 nitrogen and oxygen atoms in total. The molecule has 8 heteroatoms. The van der Waals surface area contributed by atoms with Crippen LogP contribution in [0.15, 0.2) is 23.3 Å². The highest BCUT2D eigenvalue weighted by Crippen LogP contribution is 2.77. The lowest BCUT2D eigenvalue weighted by molar-refractivity contribution is -0.177. The van der Waals surface area contributed by atoms with Crippen LogP contribution in [0.25, 0.3) is 0 Å². The summed E-state index contributed by atoms with van der Waals surface area (Å²) in [4.78, 5) is 57.0. The Labute approximate surface area is 255 Å². The highest BCUT2D eigenvalue weighted by atomic mass is 16.6. The molecule has 1 amide bonds. The SMILES string of the molecule is COC(=O)[C@@]12CCC3C(C(=O)C=C4[C@@]3(C)CC[C@@]35N(C(=O)OC(C)(C)C)[C@]3(C)C(=O)C(C#N)=C[C@]45C)C1CC(C)(C)CC2.